The van der Waals surface area contributed by atoms with Gasteiger partial charge in [0.15, 0.2) is 0 Å². The summed E-state index contributed by atoms with van der Waals surface area (Å²) in [5.74, 6) is 0.539. The van der Waals surface area contributed by atoms with Gasteiger partial charge in [0.05, 0.1) is 12.0 Å². The maximum absolute atomic E-state index is 13.5. The first kappa shape index (κ1) is 24.3. The van der Waals surface area contributed by atoms with E-state index in [1.807, 2.05) is 53.5 Å². The third-order valence-corrected chi connectivity index (χ3v) is 6.49. The summed E-state index contributed by atoms with van der Waals surface area (Å²) in [7, 11) is 5.55. The third kappa shape index (κ3) is 5.93. The summed E-state index contributed by atoms with van der Waals surface area (Å²) in [5.41, 5.74) is 3.28. The highest BCUT2D eigenvalue weighted by molar-refractivity contribution is 7.12. The molecule has 174 valence electrons. The molecule has 1 N–H and O–H groups in total. The molecule has 2 amide bonds. The molecule has 2 aromatic carbocycles. The molecule has 0 saturated carbocycles. The zero-order valence-corrected chi connectivity index (χ0v) is 20.6. The van der Waals surface area contributed by atoms with Crippen molar-refractivity contribution in [1.29, 1.82) is 0 Å². The molecule has 0 aliphatic rings. The van der Waals surface area contributed by atoms with Crippen LogP contribution in [-0.4, -0.2) is 44.0 Å². The van der Waals surface area contributed by atoms with Crippen molar-refractivity contribution in [2.75, 3.05) is 31.4 Å². The predicted octanol–water partition coefficient (Wildman–Crippen LogP) is 5.52. The molecule has 0 radical (unpaired) electrons. The Morgan fingerprint density at radius 2 is 1.82 bits per heavy atom. The molecule has 3 aromatic rings. The second-order valence-electron chi connectivity index (χ2n) is 8.09. The lowest BCUT2D eigenvalue weighted by molar-refractivity contribution is 0.0671. The van der Waals surface area contributed by atoms with Crippen molar-refractivity contribution in [3.63, 3.8) is 0 Å². The number of nitrogens with one attached hydrogen (secondary N) is 1. The Morgan fingerprint density at radius 1 is 1.09 bits per heavy atom. The van der Waals surface area contributed by atoms with E-state index in [-0.39, 0.29) is 17.9 Å². The Balaban J connectivity index is 1.91. The molecular weight excluding hydrogens is 434 g/mol. The lowest BCUT2D eigenvalue weighted by Crippen LogP contribution is -2.38. The summed E-state index contributed by atoms with van der Waals surface area (Å²) in [6.07, 6.45) is 0.827. The fraction of sp³-hybridized carbons (Fsp3) is 0.308. The van der Waals surface area contributed by atoms with E-state index in [9.17, 15) is 9.59 Å². The average molecular weight is 466 g/mol. The SMILES string of the molecule is CC[C@H](C)N(Cc1cc(NC(=O)c2cccs2)ccc1N(C)C)C(=O)c1ccc(OC)cc1. The number of carbonyl (C=O) groups excluding carboxylic acids is 2. The summed E-state index contributed by atoms with van der Waals surface area (Å²) in [6, 6.07) is 16.7. The van der Waals surface area contributed by atoms with Gasteiger partial charge in [-0.25, -0.2) is 0 Å². The summed E-state index contributed by atoms with van der Waals surface area (Å²) < 4.78 is 5.22. The van der Waals surface area contributed by atoms with Crippen LogP contribution >= 0.6 is 11.3 Å². The largest absolute Gasteiger partial charge is 0.497 e. The van der Waals surface area contributed by atoms with Gasteiger partial charge >= 0.3 is 0 Å². The van der Waals surface area contributed by atoms with E-state index in [0.29, 0.717) is 28.4 Å². The number of carbonyl (C=O) groups is 2. The standard InChI is InChI=1S/C26H31N3O3S/c1-6-18(2)29(26(31)19-9-12-22(32-5)13-10-19)17-20-16-21(11-14-23(20)28(3)4)27-25(30)24-8-7-15-33-24/h7-16,18H,6,17H2,1-5H3,(H,27,30)/t18-/m0/s1. The molecule has 0 fully saturated rings. The van der Waals surface area contributed by atoms with Gasteiger partial charge in [-0.2, -0.15) is 0 Å². The van der Waals surface area contributed by atoms with Crippen LogP contribution in [0.2, 0.25) is 0 Å². The first-order valence-electron chi connectivity index (χ1n) is 10.9. The van der Waals surface area contributed by atoms with Crippen molar-refractivity contribution in [3.05, 3.63) is 76.0 Å². The lowest BCUT2D eigenvalue weighted by atomic mass is 10.1. The quantitative estimate of drug-likeness (QED) is 0.452. The molecule has 0 bridgehead atoms. The summed E-state index contributed by atoms with van der Waals surface area (Å²) >= 11 is 1.40. The molecular formula is C26H31N3O3S. The molecule has 0 aliphatic carbocycles. The van der Waals surface area contributed by atoms with Crippen molar-refractivity contribution < 1.29 is 14.3 Å². The van der Waals surface area contributed by atoms with Crippen LogP contribution in [0.5, 0.6) is 5.75 Å². The second kappa shape index (κ2) is 11.0. The van der Waals surface area contributed by atoms with E-state index in [4.69, 9.17) is 4.74 Å². The van der Waals surface area contributed by atoms with Crippen molar-refractivity contribution in [3.8, 4) is 5.75 Å². The van der Waals surface area contributed by atoms with Crippen LogP contribution in [0.1, 0.15) is 45.9 Å². The number of anilines is 2. The number of hydrogen-bond donors (Lipinski definition) is 1. The van der Waals surface area contributed by atoms with Crippen LogP contribution in [0, 0.1) is 0 Å². The number of amides is 2. The van der Waals surface area contributed by atoms with Crippen LogP contribution in [0.4, 0.5) is 11.4 Å². The maximum atomic E-state index is 13.5. The van der Waals surface area contributed by atoms with Crippen molar-refractivity contribution >= 4 is 34.5 Å². The summed E-state index contributed by atoms with van der Waals surface area (Å²) in [6.45, 7) is 4.55. The molecule has 33 heavy (non-hydrogen) atoms. The molecule has 3 rings (SSSR count). The Hall–Kier alpha value is -3.32. The van der Waals surface area contributed by atoms with E-state index in [2.05, 4.69) is 19.2 Å². The Labute approximate surface area is 199 Å². The highest BCUT2D eigenvalue weighted by atomic mass is 32.1. The average Bonchev–Trinajstić information content (AvgIpc) is 3.37. The second-order valence-corrected chi connectivity index (χ2v) is 9.04. The van der Waals surface area contributed by atoms with Crippen molar-refractivity contribution in [1.82, 2.24) is 4.90 Å². The van der Waals surface area contributed by atoms with Crippen LogP contribution in [0.3, 0.4) is 0 Å². The smallest absolute Gasteiger partial charge is 0.265 e. The first-order valence-corrected chi connectivity index (χ1v) is 11.8. The van der Waals surface area contributed by atoms with Gasteiger partial charge in [-0.1, -0.05) is 13.0 Å². The number of rotatable bonds is 9. The number of nitrogens with zero attached hydrogens (tertiary/aromatic N) is 2. The minimum absolute atomic E-state index is 0.0373. The van der Waals surface area contributed by atoms with Gasteiger partial charge in [0.1, 0.15) is 5.75 Å². The third-order valence-electron chi connectivity index (χ3n) is 5.63. The normalized spacial score (nSPS) is 11.5. The molecule has 6 nitrogen and oxygen atoms in total. The fourth-order valence-corrected chi connectivity index (χ4v) is 4.18. The zero-order valence-electron chi connectivity index (χ0n) is 19.8. The molecule has 0 spiro atoms. The molecule has 0 unspecified atom stereocenters. The monoisotopic (exact) mass is 465 g/mol. The number of methoxy groups -OCH3 is 1. The Bertz CT molecular complexity index is 1080. The first-order chi connectivity index (χ1) is 15.8. The zero-order chi connectivity index (χ0) is 24.0. The number of ether oxygens (including phenoxy) is 1. The lowest BCUT2D eigenvalue weighted by Gasteiger charge is -2.31. The minimum atomic E-state index is -0.137. The number of hydrogen-bond acceptors (Lipinski definition) is 5. The highest BCUT2D eigenvalue weighted by Crippen LogP contribution is 2.27. The minimum Gasteiger partial charge on any atom is -0.497 e. The van der Waals surface area contributed by atoms with E-state index < -0.39 is 0 Å². The van der Waals surface area contributed by atoms with Crippen LogP contribution in [-0.2, 0) is 6.54 Å². The van der Waals surface area contributed by atoms with E-state index in [1.165, 1.54) is 11.3 Å². The maximum Gasteiger partial charge on any atom is 0.265 e. The van der Waals surface area contributed by atoms with E-state index in [0.717, 1.165) is 17.7 Å². The van der Waals surface area contributed by atoms with Crippen LogP contribution in [0.25, 0.3) is 0 Å². The fourth-order valence-electron chi connectivity index (χ4n) is 3.56. The molecule has 0 aliphatic heterocycles. The topological polar surface area (TPSA) is 61.9 Å². The Kier molecular flexibility index (Phi) is 8.11. The van der Waals surface area contributed by atoms with Gasteiger partial charge < -0.3 is 19.9 Å². The van der Waals surface area contributed by atoms with Crippen LogP contribution in [0.15, 0.2) is 60.0 Å². The molecule has 1 aromatic heterocycles. The van der Waals surface area contributed by atoms with E-state index >= 15 is 0 Å². The molecule has 7 heteroatoms. The number of thiophene rings is 1. The van der Waals surface area contributed by atoms with E-state index in [1.54, 1.807) is 37.4 Å². The van der Waals surface area contributed by atoms with Crippen molar-refractivity contribution in [2.45, 2.75) is 32.9 Å². The Morgan fingerprint density at radius 3 is 2.39 bits per heavy atom. The van der Waals surface area contributed by atoms with Gasteiger partial charge in [0.25, 0.3) is 11.8 Å². The van der Waals surface area contributed by atoms with Gasteiger partial charge in [-0.3, -0.25) is 9.59 Å². The van der Waals surface area contributed by atoms with Gasteiger partial charge in [0, 0.05) is 43.6 Å². The van der Waals surface area contributed by atoms with Gasteiger partial charge in [0.2, 0.25) is 0 Å². The van der Waals surface area contributed by atoms with Crippen LogP contribution < -0.4 is 15.0 Å². The molecule has 0 saturated heterocycles. The summed E-state index contributed by atoms with van der Waals surface area (Å²) in [4.78, 5) is 30.6. The molecule has 1 heterocycles. The highest BCUT2D eigenvalue weighted by Gasteiger charge is 2.23. The number of benzene rings is 2. The molecule has 1 atom stereocenters. The van der Waals surface area contributed by atoms with Crippen molar-refractivity contribution in [2.24, 2.45) is 0 Å². The van der Waals surface area contributed by atoms with Gasteiger partial charge in [-0.15, -0.1) is 11.3 Å². The van der Waals surface area contributed by atoms with Gasteiger partial charge in [-0.05, 0) is 72.8 Å². The summed E-state index contributed by atoms with van der Waals surface area (Å²) in [5, 5.41) is 4.86. The predicted molar refractivity (Wildman–Crippen MR) is 136 cm³/mol.